The standard InChI is InChI=1S/C22H31N3O/c1-3-24-20(16-10-11-17-23-2)22(26)25-21(18-12-6-4-7-13-18)19-14-8-5-9-15-19/h4-9,12-15,20-21,23-24H,3,10-11,16-17H2,1-2H3,(H,25,26). The maximum atomic E-state index is 13.0. The molecule has 0 heterocycles. The first kappa shape index (κ1) is 20.1. The number of hydrogen-bond donors (Lipinski definition) is 3. The summed E-state index contributed by atoms with van der Waals surface area (Å²) in [6.45, 7) is 3.81. The van der Waals surface area contributed by atoms with E-state index in [1.54, 1.807) is 0 Å². The van der Waals surface area contributed by atoms with E-state index < -0.39 is 0 Å². The largest absolute Gasteiger partial charge is 0.344 e. The van der Waals surface area contributed by atoms with Crippen molar-refractivity contribution in [3.8, 4) is 0 Å². The monoisotopic (exact) mass is 353 g/mol. The summed E-state index contributed by atoms with van der Waals surface area (Å²) in [6.07, 6.45) is 2.94. The Hall–Kier alpha value is -2.17. The maximum absolute atomic E-state index is 13.0. The first-order valence-electron chi connectivity index (χ1n) is 9.54. The third kappa shape index (κ3) is 6.28. The summed E-state index contributed by atoms with van der Waals surface area (Å²) in [5.74, 6) is 0.0639. The van der Waals surface area contributed by atoms with Gasteiger partial charge in [-0.2, -0.15) is 0 Å². The second-order valence-corrected chi connectivity index (χ2v) is 6.47. The fourth-order valence-corrected chi connectivity index (χ4v) is 3.12. The van der Waals surface area contributed by atoms with Crippen molar-refractivity contribution in [1.82, 2.24) is 16.0 Å². The molecule has 0 spiro atoms. The van der Waals surface area contributed by atoms with E-state index in [2.05, 4.69) is 40.2 Å². The predicted molar refractivity (Wildman–Crippen MR) is 108 cm³/mol. The molecule has 0 fully saturated rings. The van der Waals surface area contributed by atoms with Gasteiger partial charge in [-0.25, -0.2) is 0 Å². The van der Waals surface area contributed by atoms with Crippen LogP contribution >= 0.6 is 0 Å². The van der Waals surface area contributed by atoms with Crippen molar-refractivity contribution in [2.75, 3.05) is 20.1 Å². The summed E-state index contributed by atoms with van der Waals surface area (Å²) in [5.41, 5.74) is 2.19. The van der Waals surface area contributed by atoms with Crippen molar-refractivity contribution >= 4 is 5.91 Å². The predicted octanol–water partition coefficient (Wildman–Crippen LogP) is 3.26. The van der Waals surface area contributed by atoms with Gasteiger partial charge in [-0.3, -0.25) is 4.79 Å². The van der Waals surface area contributed by atoms with Crippen LogP contribution in [-0.2, 0) is 4.79 Å². The number of hydrogen-bond acceptors (Lipinski definition) is 3. The van der Waals surface area contributed by atoms with E-state index in [1.807, 2.05) is 50.4 Å². The molecular formula is C22H31N3O. The summed E-state index contributed by atoms with van der Waals surface area (Å²) in [5, 5.41) is 9.75. The summed E-state index contributed by atoms with van der Waals surface area (Å²) in [6, 6.07) is 20.0. The van der Waals surface area contributed by atoms with E-state index in [-0.39, 0.29) is 18.0 Å². The van der Waals surface area contributed by atoms with Crippen LogP contribution in [0.2, 0.25) is 0 Å². The van der Waals surface area contributed by atoms with Crippen molar-refractivity contribution in [2.45, 2.75) is 38.3 Å². The van der Waals surface area contributed by atoms with Gasteiger partial charge in [0.15, 0.2) is 0 Å². The van der Waals surface area contributed by atoms with Crippen molar-refractivity contribution in [3.05, 3.63) is 71.8 Å². The third-order valence-corrected chi connectivity index (χ3v) is 4.49. The first-order chi connectivity index (χ1) is 12.8. The summed E-state index contributed by atoms with van der Waals surface area (Å²) >= 11 is 0. The van der Waals surface area contributed by atoms with Gasteiger partial charge in [0, 0.05) is 0 Å². The van der Waals surface area contributed by atoms with Gasteiger partial charge in [-0.1, -0.05) is 74.0 Å². The molecule has 0 aliphatic heterocycles. The second kappa shape index (κ2) is 11.4. The molecule has 0 saturated carbocycles. The van der Waals surface area contributed by atoms with E-state index in [9.17, 15) is 4.79 Å². The number of carbonyl (C=O) groups is 1. The minimum Gasteiger partial charge on any atom is -0.344 e. The Morgan fingerprint density at radius 1 is 0.923 bits per heavy atom. The average Bonchev–Trinajstić information content (AvgIpc) is 2.69. The highest BCUT2D eigenvalue weighted by Gasteiger charge is 2.22. The SMILES string of the molecule is CCNC(CCCCNC)C(=O)NC(c1ccccc1)c1ccccc1. The zero-order valence-electron chi connectivity index (χ0n) is 15.9. The number of carbonyl (C=O) groups excluding carboxylic acids is 1. The summed E-state index contributed by atoms with van der Waals surface area (Å²) < 4.78 is 0. The Bertz CT molecular complexity index is 591. The molecule has 4 nitrogen and oxygen atoms in total. The fraction of sp³-hybridized carbons (Fsp3) is 0.409. The van der Waals surface area contributed by atoms with Gasteiger partial charge in [0.2, 0.25) is 5.91 Å². The highest BCUT2D eigenvalue weighted by Crippen LogP contribution is 2.22. The topological polar surface area (TPSA) is 53.2 Å². The van der Waals surface area contributed by atoms with Crippen LogP contribution < -0.4 is 16.0 Å². The van der Waals surface area contributed by atoms with Crippen LogP contribution in [0.5, 0.6) is 0 Å². The van der Waals surface area contributed by atoms with Crippen molar-refractivity contribution in [1.29, 1.82) is 0 Å². The van der Waals surface area contributed by atoms with Gasteiger partial charge in [0.1, 0.15) is 0 Å². The van der Waals surface area contributed by atoms with Crippen LogP contribution in [-0.4, -0.2) is 32.1 Å². The molecule has 2 rings (SSSR count). The zero-order valence-corrected chi connectivity index (χ0v) is 15.9. The van der Waals surface area contributed by atoms with Crippen LogP contribution in [0.4, 0.5) is 0 Å². The maximum Gasteiger partial charge on any atom is 0.237 e. The fourth-order valence-electron chi connectivity index (χ4n) is 3.12. The molecule has 0 bridgehead atoms. The quantitative estimate of drug-likeness (QED) is 0.544. The molecule has 0 radical (unpaired) electrons. The van der Waals surface area contributed by atoms with Crippen LogP contribution in [0.25, 0.3) is 0 Å². The van der Waals surface area contributed by atoms with Crippen LogP contribution in [0.1, 0.15) is 43.4 Å². The highest BCUT2D eigenvalue weighted by atomic mass is 16.2. The first-order valence-corrected chi connectivity index (χ1v) is 9.54. The molecule has 0 saturated heterocycles. The Morgan fingerprint density at radius 3 is 2.00 bits per heavy atom. The number of benzene rings is 2. The van der Waals surface area contributed by atoms with Gasteiger partial charge >= 0.3 is 0 Å². The van der Waals surface area contributed by atoms with E-state index in [0.717, 1.165) is 43.5 Å². The molecule has 2 aromatic carbocycles. The van der Waals surface area contributed by atoms with Gasteiger partial charge in [-0.05, 0) is 44.1 Å². The Morgan fingerprint density at radius 2 is 1.50 bits per heavy atom. The Labute approximate surface area is 157 Å². The normalized spacial score (nSPS) is 12.1. The number of likely N-dealkylation sites (N-methyl/N-ethyl adjacent to an activating group) is 1. The van der Waals surface area contributed by atoms with Crippen LogP contribution in [0.3, 0.4) is 0 Å². The Kier molecular flexibility index (Phi) is 8.87. The smallest absolute Gasteiger partial charge is 0.237 e. The lowest BCUT2D eigenvalue weighted by atomic mass is 9.98. The molecule has 2 aromatic rings. The highest BCUT2D eigenvalue weighted by molar-refractivity contribution is 5.82. The zero-order chi connectivity index (χ0) is 18.6. The molecule has 0 aromatic heterocycles. The van der Waals surface area contributed by atoms with E-state index in [4.69, 9.17) is 0 Å². The molecule has 1 unspecified atom stereocenters. The number of nitrogens with one attached hydrogen (secondary N) is 3. The minimum absolute atomic E-state index is 0.0639. The second-order valence-electron chi connectivity index (χ2n) is 6.47. The van der Waals surface area contributed by atoms with Crippen molar-refractivity contribution < 1.29 is 4.79 Å². The molecule has 1 amide bonds. The molecule has 3 N–H and O–H groups in total. The number of rotatable bonds is 11. The van der Waals surface area contributed by atoms with Crippen LogP contribution in [0.15, 0.2) is 60.7 Å². The van der Waals surface area contributed by atoms with Gasteiger partial charge in [0.25, 0.3) is 0 Å². The van der Waals surface area contributed by atoms with Crippen LogP contribution in [0, 0.1) is 0 Å². The summed E-state index contributed by atoms with van der Waals surface area (Å²) in [4.78, 5) is 13.0. The summed E-state index contributed by atoms with van der Waals surface area (Å²) in [7, 11) is 1.96. The molecule has 0 aliphatic carbocycles. The lowest BCUT2D eigenvalue weighted by Crippen LogP contribution is -2.45. The van der Waals surface area contributed by atoms with E-state index in [0.29, 0.717) is 0 Å². The molecule has 140 valence electrons. The van der Waals surface area contributed by atoms with Gasteiger partial charge < -0.3 is 16.0 Å². The number of amides is 1. The molecule has 0 aliphatic rings. The molecule has 1 atom stereocenters. The van der Waals surface area contributed by atoms with Crippen molar-refractivity contribution in [3.63, 3.8) is 0 Å². The third-order valence-electron chi connectivity index (χ3n) is 4.49. The molecule has 4 heteroatoms. The molecule has 26 heavy (non-hydrogen) atoms. The number of unbranched alkanes of at least 4 members (excludes halogenated alkanes) is 1. The van der Waals surface area contributed by atoms with E-state index in [1.165, 1.54) is 0 Å². The Balaban J connectivity index is 2.11. The van der Waals surface area contributed by atoms with Crippen molar-refractivity contribution in [2.24, 2.45) is 0 Å². The average molecular weight is 354 g/mol. The van der Waals surface area contributed by atoms with Gasteiger partial charge in [-0.15, -0.1) is 0 Å². The lowest BCUT2D eigenvalue weighted by Gasteiger charge is -2.24. The van der Waals surface area contributed by atoms with E-state index >= 15 is 0 Å². The van der Waals surface area contributed by atoms with Gasteiger partial charge in [0.05, 0.1) is 12.1 Å². The minimum atomic E-state index is -0.160. The molecular weight excluding hydrogens is 322 g/mol. The lowest BCUT2D eigenvalue weighted by molar-refractivity contribution is -0.123.